The molecule has 0 unspecified atom stereocenters. The zero-order valence-electron chi connectivity index (χ0n) is 10.4. The Morgan fingerprint density at radius 3 is 2.89 bits per heavy atom. The monoisotopic (exact) mass is 261 g/mol. The van der Waals surface area contributed by atoms with Gasteiger partial charge in [0, 0.05) is 23.7 Å². The summed E-state index contributed by atoms with van der Waals surface area (Å²) in [5.41, 5.74) is 2.04. The van der Waals surface area contributed by atoms with Crippen LogP contribution in [0.3, 0.4) is 0 Å². The molecule has 2 heterocycles. The summed E-state index contributed by atoms with van der Waals surface area (Å²) in [6.07, 6.45) is 4.65. The van der Waals surface area contributed by atoms with Crippen molar-refractivity contribution in [1.82, 2.24) is 9.97 Å². The Hall–Kier alpha value is -1.75. The molecule has 0 aliphatic rings. The number of aryl methyl sites for hydroxylation is 3. The summed E-state index contributed by atoms with van der Waals surface area (Å²) in [6, 6.07) is 3.85. The second kappa shape index (κ2) is 5.73. The van der Waals surface area contributed by atoms with Crippen LogP contribution < -0.4 is 5.32 Å². The molecule has 2 aromatic rings. The third-order valence-corrected chi connectivity index (χ3v) is 3.63. The number of pyridine rings is 1. The zero-order chi connectivity index (χ0) is 13.0. The van der Waals surface area contributed by atoms with Crippen molar-refractivity contribution in [2.75, 3.05) is 5.32 Å². The van der Waals surface area contributed by atoms with E-state index in [1.54, 1.807) is 12.4 Å². The first-order valence-electron chi connectivity index (χ1n) is 5.78. The molecule has 18 heavy (non-hydrogen) atoms. The van der Waals surface area contributed by atoms with E-state index in [4.69, 9.17) is 0 Å². The van der Waals surface area contributed by atoms with Crippen molar-refractivity contribution in [3.63, 3.8) is 0 Å². The van der Waals surface area contributed by atoms with Crippen molar-refractivity contribution in [3.05, 3.63) is 40.7 Å². The van der Waals surface area contributed by atoms with Gasteiger partial charge < -0.3 is 5.32 Å². The van der Waals surface area contributed by atoms with Gasteiger partial charge in [-0.15, -0.1) is 11.3 Å². The van der Waals surface area contributed by atoms with E-state index in [0.717, 1.165) is 16.1 Å². The quantitative estimate of drug-likeness (QED) is 0.920. The van der Waals surface area contributed by atoms with E-state index >= 15 is 0 Å². The molecule has 0 spiro atoms. The van der Waals surface area contributed by atoms with Crippen molar-refractivity contribution in [3.8, 4) is 0 Å². The third-order valence-electron chi connectivity index (χ3n) is 2.64. The lowest BCUT2D eigenvalue weighted by atomic mass is 10.1. The lowest BCUT2D eigenvalue weighted by Gasteiger charge is -2.01. The second-order valence-electron chi connectivity index (χ2n) is 4.07. The Kier molecular flexibility index (Phi) is 4.04. The summed E-state index contributed by atoms with van der Waals surface area (Å²) in [5.74, 6) is -0.00685. The largest absolute Gasteiger partial charge is 0.302 e. The number of hydrogen-bond acceptors (Lipinski definition) is 4. The highest BCUT2D eigenvalue weighted by atomic mass is 32.1. The molecule has 0 saturated heterocycles. The molecule has 1 N–H and O–H groups in total. The smallest absolute Gasteiger partial charge is 0.226 e. The fourth-order valence-electron chi connectivity index (χ4n) is 1.51. The van der Waals surface area contributed by atoms with Crippen LogP contribution in [0, 0.1) is 13.8 Å². The van der Waals surface area contributed by atoms with Gasteiger partial charge in [-0.25, -0.2) is 4.98 Å². The number of carbonyl (C=O) groups is 1. The molecule has 0 bridgehead atoms. The van der Waals surface area contributed by atoms with Gasteiger partial charge in [-0.05, 0) is 31.9 Å². The Morgan fingerprint density at radius 2 is 2.28 bits per heavy atom. The maximum Gasteiger partial charge on any atom is 0.226 e. The Balaban J connectivity index is 1.86. The molecule has 5 heteroatoms. The first-order chi connectivity index (χ1) is 8.65. The Labute approximate surface area is 110 Å². The summed E-state index contributed by atoms with van der Waals surface area (Å²) < 4.78 is 0. The van der Waals surface area contributed by atoms with E-state index < -0.39 is 0 Å². The average Bonchev–Trinajstić information content (AvgIpc) is 2.67. The highest BCUT2D eigenvalue weighted by Gasteiger charge is 2.07. The minimum absolute atomic E-state index is 0.00685. The van der Waals surface area contributed by atoms with Crippen molar-refractivity contribution in [2.24, 2.45) is 0 Å². The van der Waals surface area contributed by atoms with Gasteiger partial charge in [0.2, 0.25) is 5.91 Å². The van der Waals surface area contributed by atoms with E-state index in [-0.39, 0.29) is 5.91 Å². The summed E-state index contributed by atoms with van der Waals surface area (Å²) in [6.45, 7) is 3.94. The number of rotatable bonds is 4. The van der Waals surface area contributed by atoms with E-state index in [1.165, 1.54) is 11.3 Å². The van der Waals surface area contributed by atoms with E-state index in [9.17, 15) is 4.79 Å². The molecular formula is C13H15N3OS. The first-order valence-corrected chi connectivity index (χ1v) is 6.59. The van der Waals surface area contributed by atoms with Gasteiger partial charge in [0.25, 0.3) is 0 Å². The summed E-state index contributed by atoms with van der Waals surface area (Å²) in [4.78, 5) is 21.2. The number of carbonyl (C=O) groups excluding carboxylic acids is 1. The lowest BCUT2D eigenvalue weighted by molar-refractivity contribution is -0.116. The van der Waals surface area contributed by atoms with Crippen molar-refractivity contribution >= 4 is 22.4 Å². The average molecular weight is 261 g/mol. The van der Waals surface area contributed by atoms with Crippen molar-refractivity contribution in [2.45, 2.75) is 26.7 Å². The second-order valence-corrected chi connectivity index (χ2v) is 5.27. The third kappa shape index (κ3) is 3.37. The number of aromatic nitrogens is 2. The number of nitrogens with zero attached hydrogens (tertiary/aromatic N) is 2. The molecule has 0 aromatic carbocycles. The zero-order valence-corrected chi connectivity index (χ0v) is 11.3. The standard InChI is InChI=1S/C13H15N3OS/c1-9-10(2)18-13(15-9)16-12(17)6-5-11-4-3-7-14-8-11/h3-4,7-8H,5-6H2,1-2H3,(H,15,16,17). The molecule has 0 aliphatic carbocycles. The van der Waals surface area contributed by atoms with Gasteiger partial charge in [-0.3, -0.25) is 9.78 Å². The topological polar surface area (TPSA) is 54.9 Å². The lowest BCUT2D eigenvalue weighted by Crippen LogP contribution is -2.12. The molecule has 0 atom stereocenters. The normalized spacial score (nSPS) is 10.3. The number of hydrogen-bond donors (Lipinski definition) is 1. The number of amides is 1. The van der Waals surface area contributed by atoms with Crippen LogP contribution in [0.1, 0.15) is 22.6 Å². The summed E-state index contributed by atoms with van der Waals surface area (Å²) >= 11 is 1.51. The van der Waals surface area contributed by atoms with Crippen LogP contribution >= 0.6 is 11.3 Å². The van der Waals surface area contributed by atoms with Crippen LogP contribution in [0.4, 0.5) is 5.13 Å². The van der Waals surface area contributed by atoms with Crippen LogP contribution in [0.5, 0.6) is 0 Å². The van der Waals surface area contributed by atoms with Crippen molar-refractivity contribution < 1.29 is 4.79 Å². The molecule has 0 radical (unpaired) electrons. The molecular weight excluding hydrogens is 246 g/mol. The van der Waals surface area contributed by atoms with Gasteiger partial charge in [0.1, 0.15) is 0 Å². The first kappa shape index (κ1) is 12.7. The predicted octanol–water partition coefficient (Wildman–Crippen LogP) is 2.73. The fourth-order valence-corrected chi connectivity index (χ4v) is 2.34. The molecule has 0 aliphatic heterocycles. The van der Waals surface area contributed by atoms with E-state index in [2.05, 4.69) is 15.3 Å². The van der Waals surface area contributed by atoms with Crippen LogP contribution in [-0.2, 0) is 11.2 Å². The van der Waals surface area contributed by atoms with E-state index in [0.29, 0.717) is 18.0 Å². The van der Waals surface area contributed by atoms with Crippen LogP contribution in [0.2, 0.25) is 0 Å². The highest BCUT2D eigenvalue weighted by Crippen LogP contribution is 2.21. The SMILES string of the molecule is Cc1nc(NC(=O)CCc2cccnc2)sc1C. The fraction of sp³-hybridized carbons (Fsp3) is 0.308. The van der Waals surface area contributed by atoms with Crippen LogP contribution in [-0.4, -0.2) is 15.9 Å². The molecule has 0 saturated carbocycles. The number of anilines is 1. The van der Waals surface area contributed by atoms with Crippen molar-refractivity contribution in [1.29, 1.82) is 0 Å². The van der Waals surface area contributed by atoms with Gasteiger partial charge >= 0.3 is 0 Å². The number of thiazole rings is 1. The molecule has 2 aromatic heterocycles. The van der Waals surface area contributed by atoms with Crippen LogP contribution in [0.15, 0.2) is 24.5 Å². The Bertz CT molecular complexity index is 517. The van der Waals surface area contributed by atoms with Crippen LogP contribution in [0.25, 0.3) is 0 Å². The van der Waals surface area contributed by atoms with Gasteiger partial charge in [-0.2, -0.15) is 0 Å². The summed E-state index contributed by atoms with van der Waals surface area (Å²) in [5, 5.41) is 3.50. The predicted molar refractivity (Wildman–Crippen MR) is 72.8 cm³/mol. The maximum atomic E-state index is 11.7. The molecule has 2 rings (SSSR count). The molecule has 0 fully saturated rings. The number of nitrogens with one attached hydrogen (secondary N) is 1. The Morgan fingerprint density at radius 1 is 1.44 bits per heavy atom. The minimum atomic E-state index is -0.00685. The van der Waals surface area contributed by atoms with Gasteiger partial charge in [0.05, 0.1) is 5.69 Å². The molecule has 94 valence electrons. The summed E-state index contributed by atoms with van der Waals surface area (Å²) in [7, 11) is 0. The highest BCUT2D eigenvalue weighted by molar-refractivity contribution is 7.15. The molecule has 4 nitrogen and oxygen atoms in total. The minimum Gasteiger partial charge on any atom is -0.302 e. The van der Waals surface area contributed by atoms with E-state index in [1.807, 2.05) is 26.0 Å². The molecule has 1 amide bonds. The van der Waals surface area contributed by atoms with Gasteiger partial charge in [0.15, 0.2) is 5.13 Å². The maximum absolute atomic E-state index is 11.7. The van der Waals surface area contributed by atoms with Gasteiger partial charge in [-0.1, -0.05) is 6.07 Å².